The summed E-state index contributed by atoms with van der Waals surface area (Å²) in [6.07, 6.45) is 2.89. The highest BCUT2D eigenvalue weighted by atomic mass is 35.5. The number of nitrogens with zero attached hydrogens (tertiary/aromatic N) is 1. The standard InChI is InChI=1S/C13H14ClNO5/c14-11-7-9(4-5-12(11)15(17)18)13(16)20-8-10-3-1-2-6-19-10/h4-5,7,10H,1-3,6,8H2. The first-order valence-electron chi connectivity index (χ1n) is 6.30. The van der Waals surface area contributed by atoms with Gasteiger partial charge >= 0.3 is 5.97 Å². The molecule has 0 spiro atoms. The molecule has 1 atom stereocenters. The number of ether oxygens (including phenoxy) is 2. The van der Waals surface area contributed by atoms with Crippen LogP contribution >= 0.6 is 11.6 Å². The van der Waals surface area contributed by atoms with Gasteiger partial charge < -0.3 is 9.47 Å². The molecule has 1 aromatic carbocycles. The molecule has 108 valence electrons. The van der Waals surface area contributed by atoms with Gasteiger partial charge in [0.15, 0.2) is 0 Å². The summed E-state index contributed by atoms with van der Waals surface area (Å²) in [5.41, 5.74) is -0.0461. The number of rotatable bonds is 4. The summed E-state index contributed by atoms with van der Waals surface area (Å²) < 4.78 is 10.6. The van der Waals surface area contributed by atoms with Gasteiger partial charge in [-0.1, -0.05) is 11.6 Å². The minimum absolute atomic E-state index is 0.0683. The van der Waals surface area contributed by atoms with E-state index in [0.29, 0.717) is 6.61 Å². The summed E-state index contributed by atoms with van der Waals surface area (Å²) in [4.78, 5) is 21.8. The van der Waals surface area contributed by atoms with Crippen molar-refractivity contribution in [2.24, 2.45) is 0 Å². The van der Waals surface area contributed by atoms with Crippen molar-refractivity contribution in [1.29, 1.82) is 0 Å². The quantitative estimate of drug-likeness (QED) is 0.485. The van der Waals surface area contributed by atoms with E-state index in [0.717, 1.165) is 19.3 Å². The van der Waals surface area contributed by atoms with E-state index >= 15 is 0 Å². The maximum Gasteiger partial charge on any atom is 0.338 e. The van der Waals surface area contributed by atoms with E-state index < -0.39 is 10.9 Å². The summed E-state index contributed by atoms with van der Waals surface area (Å²) in [5, 5.41) is 10.5. The Hall–Kier alpha value is -1.66. The van der Waals surface area contributed by atoms with Crippen LogP contribution in [0.5, 0.6) is 0 Å². The van der Waals surface area contributed by atoms with Gasteiger partial charge in [-0.2, -0.15) is 0 Å². The predicted octanol–water partition coefficient (Wildman–Crippen LogP) is 2.97. The fourth-order valence-electron chi connectivity index (χ4n) is 1.97. The molecule has 1 aliphatic heterocycles. The fourth-order valence-corrected chi connectivity index (χ4v) is 2.22. The Morgan fingerprint density at radius 3 is 2.90 bits per heavy atom. The van der Waals surface area contributed by atoms with E-state index in [2.05, 4.69) is 0 Å². The van der Waals surface area contributed by atoms with Gasteiger partial charge in [-0.05, 0) is 31.4 Å². The molecule has 20 heavy (non-hydrogen) atoms. The van der Waals surface area contributed by atoms with Crippen LogP contribution in [0.1, 0.15) is 29.6 Å². The smallest absolute Gasteiger partial charge is 0.338 e. The highest BCUT2D eigenvalue weighted by Gasteiger charge is 2.19. The average Bonchev–Trinajstić information content (AvgIpc) is 2.45. The third kappa shape index (κ3) is 3.68. The van der Waals surface area contributed by atoms with Crippen LogP contribution in [0.15, 0.2) is 18.2 Å². The van der Waals surface area contributed by atoms with Gasteiger partial charge in [-0.25, -0.2) is 4.79 Å². The number of carbonyl (C=O) groups is 1. The molecule has 1 heterocycles. The summed E-state index contributed by atoms with van der Waals surface area (Å²) in [7, 11) is 0. The summed E-state index contributed by atoms with van der Waals surface area (Å²) in [5.74, 6) is -0.559. The first kappa shape index (κ1) is 14.7. The largest absolute Gasteiger partial charge is 0.459 e. The Labute approximate surface area is 120 Å². The summed E-state index contributed by atoms with van der Waals surface area (Å²) >= 11 is 5.74. The molecule has 0 bridgehead atoms. The lowest BCUT2D eigenvalue weighted by atomic mass is 10.1. The third-order valence-electron chi connectivity index (χ3n) is 3.05. The van der Waals surface area contributed by atoms with E-state index in [-0.39, 0.29) is 29.0 Å². The monoisotopic (exact) mass is 299 g/mol. The Bertz CT molecular complexity index is 513. The second kappa shape index (κ2) is 6.67. The highest BCUT2D eigenvalue weighted by Crippen LogP contribution is 2.25. The van der Waals surface area contributed by atoms with Crippen LogP contribution in [0.3, 0.4) is 0 Å². The topological polar surface area (TPSA) is 78.7 Å². The van der Waals surface area contributed by atoms with Crippen molar-refractivity contribution in [3.8, 4) is 0 Å². The molecule has 1 aromatic rings. The van der Waals surface area contributed by atoms with Crippen LogP contribution in [0.25, 0.3) is 0 Å². The predicted molar refractivity (Wildman–Crippen MR) is 72.0 cm³/mol. The zero-order chi connectivity index (χ0) is 14.5. The summed E-state index contributed by atoms with van der Waals surface area (Å²) in [6, 6.07) is 3.76. The molecule has 6 nitrogen and oxygen atoms in total. The number of hydrogen-bond acceptors (Lipinski definition) is 5. The molecular weight excluding hydrogens is 286 g/mol. The summed E-state index contributed by atoms with van der Waals surface area (Å²) in [6.45, 7) is 0.874. The van der Waals surface area contributed by atoms with Crippen LogP contribution in [0, 0.1) is 10.1 Å². The van der Waals surface area contributed by atoms with E-state index in [1.54, 1.807) is 0 Å². The van der Waals surface area contributed by atoms with Gasteiger partial charge in [-0.15, -0.1) is 0 Å². The average molecular weight is 300 g/mol. The van der Waals surface area contributed by atoms with Crippen molar-refractivity contribution in [2.45, 2.75) is 25.4 Å². The lowest BCUT2D eigenvalue weighted by Crippen LogP contribution is -2.25. The molecular formula is C13H14ClNO5. The van der Waals surface area contributed by atoms with E-state index in [4.69, 9.17) is 21.1 Å². The van der Waals surface area contributed by atoms with E-state index in [9.17, 15) is 14.9 Å². The molecule has 0 N–H and O–H groups in total. The SMILES string of the molecule is O=C(OCC1CCCCO1)c1ccc([N+](=O)[O-])c(Cl)c1. The maximum atomic E-state index is 11.8. The van der Waals surface area contributed by atoms with Crippen molar-refractivity contribution in [3.05, 3.63) is 38.9 Å². The lowest BCUT2D eigenvalue weighted by Gasteiger charge is -2.22. The molecule has 2 rings (SSSR count). The van der Waals surface area contributed by atoms with Crippen molar-refractivity contribution >= 4 is 23.3 Å². The Kier molecular flexibility index (Phi) is 4.92. The molecule has 0 aliphatic carbocycles. The lowest BCUT2D eigenvalue weighted by molar-refractivity contribution is -0.384. The van der Waals surface area contributed by atoms with Gasteiger partial charge in [0.2, 0.25) is 0 Å². The maximum absolute atomic E-state index is 11.8. The van der Waals surface area contributed by atoms with Gasteiger partial charge in [0, 0.05) is 12.7 Å². The molecule has 1 unspecified atom stereocenters. The van der Waals surface area contributed by atoms with Crippen LogP contribution in [-0.4, -0.2) is 30.2 Å². The number of nitro benzene ring substituents is 1. The molecule has 0 saturated carbocycles. The first-order valence-corrected chi connectivity index (χ1v) is 6.68. The molecule has 1 saturated heterocycles. The molecule has 7 heteroatoms. The number of benzene rings is 1. The minimum atomic E-state index is -0.604. The molecule has 1 fully saturated rings. The normalized spacial score (nSPS) is 18.6. The number of carbonyl (C=O) groups excluding carboxylic acids is 1. The van der Waals surface area contributed by atoms with Gasteiger partial charge in [0.25, 0.3) is 5.69 Å². The van der Waals surface area contributed by atoms with Crippen molar-refractivity contribution in [1.82, 2.24) is 0 Å². The van der Waals surface area contributed by atoms with Crippen LogP contribution in [0.4, 0.5) is 5.69 Å². The molecule has 1 aliphatic rings. The fraction of sp³-hybridized carbons (Fsp3) is 0.462. The Morgan fingerprint density at radius 2 is 2.30 bits per heavy atom. The van der Waals surface area contributed by atoms with Crippen LogP contribution in [-0.2, 0) is 9.47 Å². The van der Waals surface area contributed by atoms with Crippen molar-refractivity contribution in [2.75, 3.05) is 13.2 Å². The second-order valence-electron chi connectivity index (χ2n) is 4.51. The molecule has 0 radical (unpaired) electrons. The number of nitro groups is 1. The third-order valence-corrected chi connectivity index (χ3v) is 3.36. The van der Waals surface area contributed by atoms with Gasteiger partial charge in [0.1, 0.15) is 11.6 Å². The molecule has 0 amide bonds. The van der Waals surface area contributed by atoms with Gasteiger partial charge in [-0.3, -0.25) is 10.1 Å². The Balaban J connectivity index is 1.95. The molecule has 0 aromatic heterocycles. The Morgan fingerprint density at radius 1 is 1.50 bits per heavy atom. The van der Waals surface area contributed by atoms with Gasteiger partial charge in [0.05, 0.1) is 16.6 Å². The number of esters is 1. The van der Waals surface area contributed by atoms with Crippen molar-refractivity contribution < 1.29 is 19.2 Å². The minimum Gasteiger partial charge on any atom is -0.459 e. The van der Waals surface area contributed by atoms with E-state index in [1.165, 1.54) is 18.2 Å². The number of hydrogen-bond donors (Lipinski definition) is 0. The second-order valence-corrected chi connectivity index (χ2v) is 4.92. The zero-order valence-electron chi connectivity index (χ0n) is 10.7. The first-order chi connectivity index (χ1) is 9.58. The van der Waals surface area contributed by atoms with Crippen LogP contribution in [0.2, 0.25) is 5.02 Å². The number of halogens is 1. The zero-order valence-corrected chi connectivity index (χ0v) is 11.5. The van der Waals surface area contributed by atoms with E-state index in [1.807, 2.05) is 0 Å². The highest BCUT2D eigenvalue weighted by molar-refractivity contribution is 6.33. The van der Waals surface area contributed by atoms with Crippen molar-refractivity contribution in [3.63, 3.8) is 0 Å². The van der Waals surface area contributed by atoms with Crippen LogP contribution < -0.4 is 0 Å².